The van der Waals surface area contributed by atoms with E-state index >= 15 is 0 Å². The van der Waals surface area contributed by atoms with Crippen molar-refractivity contribution in [3.05, 3.63) is 30.2 Å². The van der Waals surface area contributed by atoms with Crippen LogP contribution in [0.2, 0.25) is 0 Å². The van der Waals surface area contributed by atoms with E-state index in [1.807, 2.05) is 13.0 Å². The predicted octanol–water partition coefficient (Wildman–Crippen LogP) is 2.40. The number of aryl methyl sites for hydroxylation is 1. The highest BCUT2D eigenvalue weighted by Gasteiger charge is 2.10. The fourth-order valence-electron chi connectivity index (χ4n) is 1.56. The van der Waals surface area contributed by atoms with Crippen molar-refractivity contribution >= 4 is 0 Å². The minimum absolute atomic E-state index is 0.761. The Morgan fingerprint density at radius 3 is 3.00 bits per heavy atom. The highest BCUT2D eigenvalue weighted by molar-refractivity contribution is 5.58. The van der Waals surface area contributed by atoms with Crippen LogP contribution < -0.4 is 5.32 Å². The molecule has 0 aliphatic carbocycles. The third kappa shape index (κ3) is 2.33. The summed E-state index contributed by atoms with van der Waals surface area (Å²) < 4.78 is 10.9. The average Bonchev–Trinajstić information content (AvgIpc) is 2.87. The highest BCUT2D eigenvalue weighted by atomic mass is 16.4. The average molecular weight is 220 g/mol. The van der Waals surface area contributed by atoms with Gasteiger partial charge in [-0.1, -0.05) is 6.92 Å². The van der Waals surface area contributed by atoms with Crippen LogP contribution in [0.5, 0.6) is 0 Å². The van der Waals surface area contributed by atoms with Crippen LogP contribution >= 0.6 is 0 Å². The molecule has 2 aromatic heterocycles. The van der Waals surface area contributed by atoms with Crippen molar-refractivity contribution < 1.29 is 8.83 Å². The SMILES string of the molecule is CCNCCc1ncc(-c2ccoc2C)o1. The monoisotopic (exact) mass is 220 g/mol. The summed E-state index contributed by atoms with van der Waals surface area (Å²) in [7, 11) is 0. The molecule has 0 spiro atoms. The number of aromatic nitrogens is 1. The molecule has 0 atom stereocenters. The lowest BCUT2D eigenvalue weighted by atomic mass is 10.2. The molecule has 1 N–H and O–H groups in total. The summed E-state index contributed by atoms with van der Waals surface area (Å²) in [4.78, 5) is 4.24. The molecule has 0 saturated carbocycles. The van der Waals surface area contributed by atoms with Gasteiger partial charge in [-0.3, -0.25) is 0 Å². The van der Waals surface area contributed by atoms with Gasteiger partial charge < -0.3 is 14.2 Å². The largest absolute Gasteiger partial charge is 0.469 e. The molecule has 4 heteroatoms. The van der Waals surface area contributed by atoms with Crippen molar-refractivity contribution in [1.29, 1.82) is 0 Å². The number of hydrogen-bond acceptors (Lipinski definition) is 4. The van der Waals surface area contributed by atoms with Crippen molar-refractivity contribution in [2.24, 2.45) is 0 Å². The molecular formula is C12H16N2O2. The van der Waals surface area contributed by atoms with E-state index in [0.717, 1.165) is 42.5 Å². The Balaban J connectivity index is 2.05. The first-order chi connectivity index (χ1) is 7.81. The van der Waals surface area contributed by atoms with Crippen molar-refractivity contribution in [2.45, 2.75) is 20.3 Å². The Kier molecular flexibility index (Phi) is 3.41. The number of furan rings is 1. The van der Waals surface area contributed by atoms with Gasteiger partial charge in [0.25, 0.3) is 0 Å². The minimum atomic E-state index is 0.761. The molecule has 2 rings (SSSR count). The molecule has 0 bridgehead atoms. The summed E-state index contributed by atoms with van der Waals surface area (Å²) in [5.74, 6) is 2.39. The normalized spacial score (nSPS) is 10.9. The molecule has 86 valence electrons. The van der Waals surface area contributed by atoms with Gasteiger partial charge in [-0.25, -0.2) is 4.98 Å². The molecule has 0 saturated heterocycles. The maximum Gasteiger partial charge on any atom is 0.196 e. The summed E-state index contributed by atoms with van der Waals surface area (Å²) in [6.07, 6.45) is 4.22. The zero-order valence-corrected chi connectivity index (χ0v) is 9.62. The van der Waals surface area contributed by atoms with Gasteiger partial charge >= 0.3 is 0 Å². The van der Waals surface area contributed by atoms with Gasteiger partial charge in [0, 0.05) is 13.0 Å². The van der Waals surface area contributed by atoms with E-state index in [1.165, 1.54) is 0 Å². The highest BCUT2D eigenvalue weighted by Crippen LogP contribution is 2.24. The first-order valence-corrected chi connectivity index (χ1v) is 5.51. The molecule has 0 amide bonds. The number of rotatable bonds is 5. The fourth-order valence-corrected chi connectivity index (χ4v) is 1.56. The van der Waals surface area contributed by atoms with Gasteiger partial charge in [0.05, 0.1) is 18.0 Å². The van der Waals surface area contributed by atoms with Crippen molar-refractivity contribution in [3.8, 4) is 11.3 Å². The van der Waals surface area contributed by atoms with Crippen LogP contribution in [0.25, 0.3) is 11.3 Å². The summed E-state index contributed by atoms with van der Waals surface area (Å²) in [5, 5.41) is 3.23. The van der Waals surface area contributed by atoms with Crippen LogP contribution in [0.3, 0.4) is 0 Å². The van der Waals surface area contributed by atoms with Gasteiger partial charge in [-0.15, -0.1) is 0 Å². The molecule has 4 nitrogen and oxygen atoms in total. The lowest BCUT2D eigenvalue weighted by Crippen LogP contribution is -2.16. The second-order valence-corrected chi connectivity index (χ2v) is 3.61. The number of hydrogen-bond donors (Lipinski definition) is 1. The van der Waals surface area contributed by atoms with Crippen molar-refractivity contribution in [2.75, 3.05) is 13.1 Å². The molecule has 0 fully saturated rings. The Morgan fingerprint density at radius 1 is 1.44 bits per heavy atom. The molecule has 16 heavy (non-hydrogen) atoms. The second kappa shape index (κ2) is 4.99. The van der Waals surface area contributed by atoms with E-state index in [0.29, 0.717) is 0 Å². The standard InChI is InChI=1S/C12H16N2O2/c1-3-13-6-4-12-14-8-11(16-12)10-5-7-15-9(10)2/h5,7-8,13H,3-4,6H2,1-2H3. The molecule has 0 unspecified atom stereocenters. The van der Waals surface area contributed by atoms with E-state index in [4.69, 9.17) is 8.83 Å². The molecule has 0 radical (unpaired) electrons. The van der Waals surface area contributed by atoms with E-state index in [-0.39, 0.29) is 0 Å². The lowest BCUT2D eigenvalue weighted by Gasteiger charge is -1.97. The lowest BCUT2D eigenvalue weighted by molar-refractivity contribution is 0.493. The molecule has 2 aromatic rings. The molecule has 0 aliphatic rings. The van der Waals surface area contributed by atoms with Crippen LogP contribution in [0.15, 0.2) is 27.4 Å². The van der Waals surface area contributed by atoms with Gasteiger partial charge in [0.15, 0.2) is 11.7 Å². The van der Waals surface area contributed by atoms with Crippen LogP contribution in [0, 0.1) is 6.92 Å². The molecular weight excluding hydrogens is 204 g/mol. The van der Waals surface area contributed by atoms with E-state index < -0.39 is 0 Å². The summed E-state index contributed by atoms with van der Waals surface area (Å²) >= 11 is 0. The first kappa shape index (κ1) is 11.0. The molecule has 0 aromatic carbocycles. The fraction of sp³-hybridized carbons (Fsp3) is 0.417. The quantitative estimate of drug-likeness (QED) is 0.786. The van der Waals surface area contributed by atoms with E-state index in [2.05, 4.69) is 17.2 Å². The Hall–Kier alpha value is -1.55. The smallest absolute Gasteiger partial charge is 0.196 e. The second-order valence-electron chi connectivity index (χ2n) is 3.61. The summed E-state index contributed by atoms with van der Waals surface area (Å²) in [6.45, 7) is 5.85. The number of likely N-dealkylation sites (N-methyl/N-ethyl adjacent to an activating group) is 1. The Morgan fingerprint density at radius 2 is 2.31 bits per heavy atom. The summed E-state index contributed by atoms with van der Waals surface area (Å²) in [6, 6.07) is 1.89. The van der Waals surface area contributed by atoms with Gasteiger partial charge in [0.1, 0.15) is 5.76 Å². The predicted molar refractivity (Wildman–Crippen MR) is 61.2 cm³/mol. The van der Waals surface area contributed by atoms with E-state index in [1.54, 1.807) is 12.5 Å². The summed E-state index contributed by atoms with van der Waals surface area (Å²) in [5.41, 5.74) is 0.974. The number of nitrogens with zero attached hydrogens (tertiary/aromatic N) is 1. The van der Waals surface area contributed by atoms with Crippen LogP contribution in [0.4, 0.5) is 0 Å². The maximum atomic E-state index is 5.64. The molecule has 0 aliphatic heterocycles. The van der Waals surface area contributed by atoms with Crippen molar-refractivity contribution in [3.63, 3.8) is 0 Å². The Bertz CT molecular complexity index is 445. The van der Waals surface area contributed by atoms with Crippen LogP contribution in [-0.2, 0) is 6.42 Å². The van der Waals surface area contributed by atoms with Crippen molar-refractivity contribution in [1.82, 2.24) is 10.3 Å². The van der Waals surface area contributed by atoms with Gasteiger partial charge in [-0.2, -0.15) is 0 Å². The molecule has 2 heterocycles. The van der Waals surface area contributed by atoms with E-state index in [9.17, 15) is 0 Å². The zero-order valence-electron chi connectivity index (χ0n) is 9.62. The minimum Gasteiger partial charge on any atom is -0.469 e. The maximum absolute atomic E-state index is 5.64. The third-order valence-corrected chi connectivity index (χ3v) is 2.44. The number of nitrogens with one attached hydrogen (secondary N) is 1. The van der Waals surface area contributed by atoms with Gasteiger partial charge in [0.2, 0.25) is 0 Å². The topological polar surface area (TPSA) is 51.2 Å². The number of oxazole rings is 1. The first-order valence-electron chi connectivity index (χ1n) is 5.51. The van der Waals surface area contributed by atoms with Gasteiger partial charge in [-0.05, 0) is 19.5 Å². The zero-order chi connectivity index (χ0) is 11.4. The van der Waals surface area contributed by atoms with Crippen LogP contribution in [-0.4, -0.2) is 18.1 Å². The van der Waals surface area contributed by atoms with Crippen LogP contribution in [0.1, 0.15) is 18.6 Å². The Labute approximate surface area is 94.7 Å². The third-order valence-electron chi connectivity index (χ3n) is 2.44.